The Bertz CT molecular complexity index is 794. The third-order valence-corrected chi connectivity index (χ3v) is 4.29. The minimum Gasteiger partial charge on any atom is -0.493 e. The normalized spacial score (nSPS) is 10.5. The van der Waals surface area contributed by atoms with E-state index in [9.17, 15) is 0 Å². The molecule has 0 aliphatic rings. The van der Waals surface area contributed by atoms with Gasteiger partial charge in [0.05, 0.1) is 6.61 Å². The Kier molecular flexibility index (Phi) is 5.73. The zero-order valence-corrected chi connectivity index (χ0v) is 15.0. The van der Waals surface area contributed by atoms with Gasteiger partial charge in [-0.05, 0) is 48.7 Å². The summed E-state index contributed by atoms with van der Waals surface area (Å²) in [6.07, 6.45) is 0.927. The van der Waals surface area contributed by atoms with Crippen molar-refractivity contribution in [3.8, 4) is 5.75 Å². The Morgan fingerprint density at radius 2 is 1.56 bits per heavy atom. The van der Waals surface area contributed by atoms with Crippen molar-refractivity contribution in [3.63, 3.8) is 0 Å². The molecule has 0 atom stereocenters. The molecule has 2 heteroatoms. The van der Waals surface area contributed by atoms with E-state index in [1.807, 2.05) is 18.2 Å². The molecule has 0 spiro atoms. The standard InChI is InChI=1S/C23H25NO/c1-18-8-13-23(19(2)16-18)24-17-21-9-11-22(12-10-21)25-15-14-20-6-4-3-5-7-20/h3-13,16,24H,14-15,17H2,1-2H3. The Morgan fingerprint density at radius 3 is 2.28 bits per heavy atom. The molecule has 0 saturated heterocycles. The lowest BCUT2D eigenvalue weighted by Gasteiger charge is -2.11. The molecule has 3 aromatic carbocycles. The van der Waals surface area contributed by atoms with Gasteiger partial charge in [0.25, 0.3) is 0 Å². The molecule has 3 aromatic rings. The molecule has 0 amide bonds. The molecule has 3 rings (SSSR count). The van der Waals surface area contributed by atoms with Gasteiger partial charge in [0.15, 0.2) is 0 Å². The minimum absolute atomic E-state index is 0.699. The number of aryl methyl sites for hydroxylation is 2. The minimum atomic E-state index is 0.699. The van der Waals surface area contributed by atoms with E-state index >= 15 is 0 Å². The fraction of sp³-hybridized carbons (Fsp3) is 0.217. The van der Waals surface area contributed by atoms with Crippen LogP contribution < -0.4 is 10.1 Å². The van der Waals surface area contributed by atoms with Crippen molar-refractivity contribution < 1.29 is 4.74 Å². The lowest BCUT2D eigenvalue weighted by Crippen LogP contribution is -2.03. The van der Waals surface area contributed by atoms with E-state index in [0.29, 0.717) is 6.61 Å². The van der Waals surface area contributed by atoms with Crippen LogP contribution in [0, 0.1) is 13.8 Å². The maximum absolute atomic E-state index is 5.84. The molecular formula is C23H25NO. The molecule has 0 heterocycles. The number of hydrogen-bond acceptors (Lipinski definition) is 2. The zero-order chi connectivity index (χ0) is 17.5. The van der Waals surface area contributed by atoms with Gasteiger partial charge in [-0.15, -0.1) is 0 Å². The van der Waals surface area contributed by atoms with E-state index in [0.717, 1.165) is 18.7 Å². The SMILES string of the molecule is Cc1ccc(NCc2ccc(OCCc3ccccc3)cc2)c(C)c1. The van der Waals surface area contributed by atoms with Gasteiger partial charge in [-0.25, -0.2) is 0 Å². The number of ether oxygens (including phenoxy) is 1. The Hall–Kier alpha value is -2.74. The highest BCUT2D eigenvalue weighted by Gasteiger charge is 2.00. The lowest BCUT2D eigenvalue weighted by atomic mass is 10.1. The summed E-state index contributed by atoms with van der Waals surface area (Å²) in [6, 6.07) is 25.2. The van der Waals surface area contributed by atoms with Gasteiger partial charge in [0.1, 0.15) is 5.75 Å². The number of anilines is 1. The van der Waals surface area contributed by atoms with Gasteiger partial charge in [0.2, 0.25) is 0 Å². The third kappa shape index (κ3) is 5.12. The van der Waals surface area contributed by atoms with Crippen LogP contribution in [0.5, 0.6) is 5.75 Å². The highest BCUT2D eigenvalue weighted by atomic mass is 16.5. The molecule has 2 nitrogen and oxygen atoms in total. The molecule has 25 heavy (non-hydrogen) atoms. The first kappa shape index (κ1) is 17.1. The summed E-state index contributed by atoms with van der Waals surface area (Å²) >= 11 is 0. The smallest absolute Gasteiger partial charge is 0.119 e. The molecule has 1 N–H and O–H groups in total. The average Bonchev–Trinajstić information content (AvgIpc) is 2.63. The molecule has 0 aliphatic carbocycles. The van der Waals surface area contributed by atoms with E-state index < -0.39 is 0 Å². The van der Waals surface area contributed by atoms with Crippen LogP contribution in [-0.4, -0.2) is 6.61 Å². The fourth-order valence-electron chi connectivity index (χ4n) is 2.84. The van der Waals surface area contributed by atoms with Crippen LogP contribution in [0.3, 0.4) is 0 Å². The van der Waals surface area contributed by atoms with Crippen LogP contribution in [0.15, 0.2) is 72.8 Å². The first-order chi connectivity index (χ1) is 12.2. The van der Waals surface area contributed by atoms with Crippen LogP contribution >= 0.6 is 0 Å². The average molecular weight is 331 g/mol. The van der Waals surface area contributed by atoms with Crippen LogP contribution in [0.4, 0.5) is 5.69 Å². The summed E-state index contributed by atoms with van der Waals surface area (Å²) in [5.41, 5.74) is 6.31. The second-order valence-corrected chi connectivity index (χ2v) is 6.40. The molecule has 0 fully saturated rings. The largest absolute Gasteiger partial charge is 0.493 e. The summed E-state index contributed by atoms with van der Waals surface area (Å²) in [6.45, 7) is 5.77. The maximum Gasteiger partial charge on any atom is 0.119 e. The second-order valence-electron chi connectivity index (χ2n) is 6.40. The number of benzene rings is 3. The van der Waals surface area contributed by atoms with Gasteiger partial charge >= 0.3 is 0 Å². The monoisotopic (exact) mass is 331 g/mol. The summed E-state index contributed by atoms with van der Waals surface area (Å²) in [7, 11) is 0. The highest BCUT2D eigenvalue weighted by molar-refractivity contribution is 5.52. The van der Waals surface area contributed by atoms with Gasteiger partial charge in [0, 0.05) is 18.7 Å². The van der Waals surface area contributed by atoms with E-state index in [1.54, 1.807) is 0 Å². The van der Waals surface area contributed by atoms with Crippen molar-refractivity contribution in [2.75, 3.05) is 11.9 Å². The summed E-state index contributed by atoms with van der Waals surface area (Å²) in [5.74, 6) is 0.922. The Labute approximate surface area is 150 Å². The molecule has 0 saturated carbocycles. The summed E-state index contributed by atoms with van der Waals surface area (Å²) in [5, 5.41) is 3.50. The van der Waals surface area contributed by atoms with Crippen molar-refractivity contribution >= 4 is 5.69 Å². The Morgan fingerprint density at radius 1 is 0.800 bits per heavy atom. The molecule has 0 bridgehead atoms. The number of rotatable bonds is 7. The first-order valence-corrected chi connectivity index (χ1v) is 8.77. The van der Waals surface area contributed by atoms with Gasteiger partial charge < -0.3 is 10.1 Å². The lowest BCUT2D eigenvalue weighted by molar-refractivity contribution is 0.322. The van der Waals surface area contributed by atoms with Crippen molar-refractivity contribution in [2.45, 2.75) is 26.8 Å². The van der Waals surface area contributed by atoms with E-state index in [1.165, 1.54) is 27.9 Å². The molecule has 0 aromatic heterocycles. The molecule has 128 valence electrons. The van der Waals surface area contributed by atoms with E-state index in [2.05, 4.69) is 73.8 Å². The molecule has 0 radical (unpaired) electrons. The first-order valence-electron chi connectivity index (χ1n) is 8.77. The van der Waals surface area contributed by atoms with Crippen molar-refractivity contribution in [1.29, 1.82) is 0 Å². The molecule has 0 unspecified atom stereocenters. The topological polar surface area (TPSA) is 21.3 Å². The van der Waals surface area contributed by atoms with Gasteiger partial charge in [-0.2, -0.15) is 0 Å². The predicted octanol–water partition coefficient (Wildman–Crippen LogP) is 5.54. The van der Waals surface area contributed by atoms with Gasteiger partial charge in [-0.1, -0.05) is 60.2 Å². The van der Waals surface area contributed by atoms with Crippen molar-refractivity contribution in [1.82, 2.24) is 0 Å². The molecule has 0 aliphatic heterocycles. The van der Waals surface area contributed by atoms with Crippen molar-refractivity contribution in [2.24, 2.45) is 0 Å². The summed E-state index contributed by atoms with van der Waals surface area (Å²) in [4.78, 5) is 0. The Balaban J connectivity index is 1.48. The number of nitrogens with one attached hydrogen (secondary N) is 1. The van der Waals surface area contributed by atoms with Crippen LogP contribution in [0.1, 0.15) is 22.3 Å². The quantitative estimate of drug-likeness (QED) is 0.614. The predicted molar refractivity (Wildman–Crippen MR) is 105 cm³/mol. The number of hydrogen-bond donors (Lipinski definition) is 1. The molecular weight excluding hydrogens is 306 g/mol. The third-order valence-electron chi connectivity index (χ3n) is 4.29. The van der Waals surface area contributed by atoms with Crippen LogP contribution in [-0.2, 0) is 13.0 Å². The highest BCUT2D eigenvalue weighted by Crippen LogP contribution is 2.18. The van der Waals surface area contributed by atoms with Crippen molar-refractivity contribution in [3.05, 3.63) is 95.1 Å². The van der Waals surface area contributed by atoms with E-state index in [4.69, 9.17) is 4.74 Å². The van der Waals surface area contributed by atoms with Crippen LogP contribution in [0.2, 0.25) is 0 Å². The maximum atomic E-state index is 5.84. The van der Waals surface area contributed by atoms with Gasteiger partial charge in [-0.3, -0.25) is 0 Å². The zero-order valence-electron chi connectivity index (χ0n) is 15.0. The second kappa shape index (κ2) is 8.39. The fourth-order valence-corrected chi connectivity index (χ4v) is 2.84. The van der Waals surface area contributed by atoms with Crippen LogP contribution in [0.25, 0.3) is 0 Å². The van der Waals surface area contributed by atoms with E-state index in [-0.39, 0.29) is 0 Å². The summed E-state index contributed by atoms with van der Waals surface area (Å²) < 4.78 is 5.84.